The van der Waals surface area contributed by atoms with Gasteiger partial charge in [-0.05, 0) is 24.3 Å². The van der Waals surface area contributed by atoms with E-state index in [-0.39, 0.29) is 5.56 Å². The van der Waals surface area contributed by atoms with Crippen LogP contribution in [-0.4, -0.2) is 34.6 Å². The van der Waals surface area contributed by atoms with Crippen molar-refractivity contribution in [2.24, 2.45) is 0 Å². The number of aromatic carboxylic acids is 1. The first-order chi connectivity index (χ1) is 10.5. The van der Waals surface area contributed by atoms with Gasteiger partial charge in [0, 0.05) is 31.5 Å². The normalized spacial score (nSPS) is 10.8. The molecule has 0 atom stereocenters. The van der Waals surface area contributed by atoms with E-state index in [2.05, 4.69) is 4.98 Å². The Balaban J connectivity index is 2.10. The number of nitrogens with zero attached hydrogens (tertiary/aromatic N) is 3. The van der Waals surface area contributed by atoms with Gasteiger partial charge in [-0.25, -0.2) is 9.78 Å². The Morgan fingerprint density at radius 3 is 2.50 bits per heavy atom. The number of benzene rings is 1. The second-order valence-corrected chi connectivity index (χ2v) is 5.24. The number of carbonyl (C=O) groups is 1. The van der Waals surface area contributed by atoms with E-state index in [4.69, 9.17) is 10.8 Å². The number of fused-ring (bicyclic) bond motifs is 1. The molecule has 6 heteroatoms. The van der Waals surface area contributed by atoms with Crippen molar-refractivity contribution in [1.29, 1.82) is 0 Å². The summed E-state index contributed by atoms with van der Waals surface area (Å²) < 4.78 is 1.68. The number of aromatic nitrogens is 2. The molecule has 0 saturated heterocycles. The van der Waals surface area contributed by atoms with Crippen LogP contribution in [0.25, 0.3) is 16.9 Å². The molecule has 2 aromatic heterocycles. The Labute approximate surface area is 127 Å². The highest BCUT2D eigenvalue weighted by Gasteiger charge is 2.13. The quantitative estimate of drug-likeness (QED) is 0.775. The number of nitrogen functional groups attached to an aromatic ring is 1. The lowest BCUT2D eigenvalue weighted by Gasteiger charge is -2.12. The number of hydrogen-bond acceptors (Lipinski definition) is 4. The largest absolute Gasteiger partial charge is 0.478 e. The summed E-state index contributed by atoms with van der Waals surface area (Å²) in [6, 6.07) is 10.9. The van der Waals surface area contributed by atoms with Crippen molar-refractivity contribution in [3.8, 4) is 11.3 Å². The Morgan fingerprint density at radius 2 is 1.91 bits per heavy atom. The van der Waals surface area contributed by atoms with Gasteiger partial charge in [0.25, 0.3) is 0 Å². The lowest BCUT2D eigenvalue weighted by Crippen LogP contribution is -2.07. The van der Waals surface area contributed by atoms with Crippen LogP contribution in [0.4, 0.5) is 11.5 Å². The smallest absolute Gasteiger partial charge is 0.335 e. The highest BCUT2D eigenvalue weighted by Crippen LogP contribution is 2.28. The van der Waals surface area contributed by atoms with E-state index in [0.717, 1.165) is 11.3 Å². The van der Waals surface area contributed by atoms with Gasteiger partial charge in [0.2, 0.25) is 0 Å². The molecular formula is C16H16N4O2. The lowest BCUT2D eigenvalue weighted by atomic mass is 10.1. The predicted octanol–water partition coefficient (Wildman–Crippen LogP) is 2.35. The topological polar surface area (TPSA) is 83.9 Å². The van der Waals surface area contributed by atoms with E-state index < -0.39 is 5.97 Å². The number of rotatable bonds is 3. The highest BCUT2D eigenvalue weighted by molar-refractivity contribution is 5.89. The van der Waals surface area contributed by atoms with E-state index in [1.807, 2.05) is 43.3 Å². The average Bonchev–Trinajstić information content (AvgIpc) is 2.84. The van der Waals surface area contributed by atoms with Gasteiger partial charge in [-0.2, -0.15) is 0 Å². The van der Waals surface area contributed by atoms with Gasteiger partial charge in [-0.3, -0.25) is 4.40 Å². The maximum atomic E-state index is 11.0. The van der Waals surface area contributed by atoms with Crippen LogP contribution in [0.15, 0.2) is 42.6 Å². The van der Waals surface area contributed by atoms with Crippen molar-refractivity contribution in [3.63, 3.8) is 0 Å². The Bertz CT molecular complexity index is 850. The number of pyridine rings is 1. The van der Waals surface area contributed by atoms with E-state index in [1.54, 1.807) is 10.6 Å². The number of nitrogens with two attached hydrogens (primary N) is 1. The molecule has 3 aromatic rings. The maximum Gasteiger partial charge on any atom is 0.335 e. The molecule has 22 heavy (non-hydrogen) atoms. The van der Waals surface area contributed by atoms with Crippen molar-refractivity contribution < 1.29 is 9.90 Å². The minimum absolute atomic E-state index is 0.187. The molecule has 2 heterocycles. The first kappa shape index (κ1) is 13.9. The van der Waals surface area contributed by atoms with Crippen molar-refractivity contribution >= 4 is 23.1 Å². The van der Waals surface area contributed by atoms with Crippen LogP contribution < -0.4 is 10.6 Å². The van der Waals surface area contributed by atoms with Crippen molar-refractivity contribution in [1.82, 2.24) is 9.38 Å². The average molecular weight is 296 g/mol. The minimum Gasteiger partial charge on any atom is -0.478 e. The van der Waals surface area contributed by atoms with Gasteiger partial charge in [0.05, 0.1) is 5.56 Å². The molecule has 0 bridgehead atoms. The zero-order valence-electron chi connectivity index (χ0n) is 12.3. The molecule has 0 fully saturated rings. The molecule has 112 valence electrons. The molecule has 0 radical (unpaired) electrons. The maximum absolute atomic E-state index is 11.0. The van der Waals surface area contributed by atoms with Crippen molar-refractivity contribution in [2.45, 2.75) is 0 Å². The fraction of sp³-hybridized carbons (Fsp3) is 0.125. The molecule has 0 aliphatic heterocycles. The van der Waals surface area contributed by atoms with Gasteiger partial charge >= 0.3 is 5.97 Å². The number of carboxylic acids is 1. The lowest BCUT2D eigenvalue weighted by molar-refractivity contribution is 0.0697. The first-order valence-corrected chi connectivity index (χ1v) is 6.76. The monoisotopic (exact) mass is 296 g/mol. The third-order valence-electron chi connectivity index (χ3n) is 3.57. The molecule has 0 saturated carbocycles. The summed E-state index contributed by atoms with van der Waals surface area (Å²) in [5.41, 5.74) is 9.46. The second-order valence-electron chi connectivity index (χ2n) is 5.24. The molecule has 3 rings (SSSR count). The van der Waals surface area contributed by atoms with Gasteiger partial charge in [-0.15, -0.1) is 0 Å². The number of hydrogen-bond donors (Lipinski definition) is 2. The molecule has 0 aliphatic carbocycles. The fourth-order valence-electron chi connectivity index (χ4n) is 2.33. The zero-order valence-corrected chi connectivity index (χ0v) is 12.3. The third-order valence-corrected chi connectivity index (χ3v) is 3.57. The molecular weight excluding hydrogens is 280 g/mol. The summed E-state index contributed by atoms with van der Waals surface area (Å²) in [7, 11) is 3.95. The fourth-order valence-corrected chi connectivity index (χ4v) is 2.33. The van der Waals surface area contributed by atoms with Crippen LogP contribution in [0.3, 0.4) is 0 Å². The first-order valence-electron chi connectivity index (χ1n) is 6.76. The van der Waals surface area contributed by atoms with Crippen molar-refractivity contribution in [2.75, 3.05) is 24.7 Å². The Kier molecular flexibility index (Phi) is 3.21. The van der Waals surface area contributed by atoms with Crippen LogP contribution in [0.1, 0.15) is 10.4 Å². The summed E-state index contributed by atoms with van der Waals surface area (Å²) in [6.07, 6.45) is 1.62. The van der Waals surface area contributed by atoms with Gasteiger partial charge in [-0.1, -0.05) is 12.1 Å². The molecule has 0 amide bonds. The van der Waals surface area contributed by atoms with Crippen LogP contribution in [0.2, 0.25) is 0 Å². The standard InChI is InChI=1S/C16H16N4O2/c1-19(2)12-5-3-10(4-6-12)14-15(17)20-8-7-11(16(21)22)9-13(20)18-14/h3-9H,17H2,1-2H3,(H,21,22). The molecule has 1 aromatic carbocycles. The summed E-state index contributed by atoms with van der Waals surface area (Å²) in [5.74, 6) is -0.495. The number of carboxylic acid groups (broad SMARTS) is 1. The SMILES string of the molecule is CN(C)c1ccc(-c2nc3cc(C(=O)O)ccn3c2N)cc1. The number of imidazole rings is 1. The van der Waals surface area contributed by atoms with E-state index >= 15 is 0 Å². The molecule has 6 nitrogen and oxygen atoms in total. The second kappa shape index (κ2) is 5.07. The van der Waals surface area contributed by atoms with E-state index in [0.29, 0.717) is 17.2 Å². The van der Waals surface area contributed by atoms with Crippen molar-refractivity contribution in [3.05, 3.63) is 48.2 Å². The third kappa shape index (κ3) is 2.24. The molecule has 0 unspecified atom stereocenters. The van der Waals surface area contributed by atoms with Gasteiger partial charge in [0.15, 0.2) is 0 Å². The Morgan fingerprint density at radius 1 is 1.23 bits per heavy atom. The van der Waals surface area contributed by atoms with Crippen LogP contribution in [0.5, 0.6) is 0 Å². The van der Waals surface area contributed by atoms with Gasteiger partial charge < -0.3 is 15.7 Å². The molecule has 3 N–H and O–H groups in total. The summed E-state index contributed by atoms with van der Waals surface area (Å²) >= 11 is 0. The summed E-state index contributed by atoms with van der Waals surface area (Å²) in [6.45, 7) is 0. The molecule has 0 aliphatic rings. The van der Waals surface area contributed by atoms with Crippen LogP contribution in [-0.2, 0) is 0 Å². The van der Waals surface area contributed by atoms with Crippen LogP contribution >= 0.6 is 0 Å². The van der Waals surface area contributed by atoms with E-state index in [9.17, 15) is 4.79 Å². The summed E-state index contributed by atoms with van der Waals surface area (Å²) in [4.78, 5) is 17.5. The Hall–Kier alpha value is -3.02. The molecule has 0 spiro atoms. The zero-order chi connectivity index (χ0) is 15.9. The predicted molar refractivity (Wildman–Crippen MR) is 86.3 cm³/mol. The van der Waals surface area contributed by atoms with Crippen LogP contribution in [0, 0.1) is 0 Å². The summed E-state index contributed by atoms with van der Waals surface area (Å²) in [5, 5.41) is 9.05. The van der Waals surface area contributed by atoms with E-state index in [1.165, 1.54) is 12.1 Å². The number of anilines is 2. The highest BCUT2D eigenvalue weighted by atomic mass is 16.4. The van der Waals surface area contributed by atoms with Gasteiger partial charge in [0.1, 0.15) is 17.2 Å². The minimum atomic E-state index is -0.985.